The Bertz CT molecular complexity index is 525. The summed E-state index contributed by atoms with van der Waals surface area (Å²) in [5.41, 5.74) is 0.829. The van der Waals surface area contributed by atoms with E-state index in [-0.39, 0.29) is 11.8 Å². The van der Waals surface area contributed by atoms with E-state index in [1.54, 1.807) is 13.1 Å². The molecule has 6 nitrogen and oxygen atoms in total. The van der Waals surface area contributed by atoms with Crippen molar-refractivity contribution in [1.82, 2.24) is 20.2 Å². The first kappa shape index (κ1) is 16.4. The van der Waals surface area contributed by atoms with Crippen LogP contribution in [-0.4, -0.2) is 39.8 Å². The SMILES string of the molecule is CC(=O)N1CCC(CCC(=O)NCc2ccnc(C)n2)CC1. The molecule has 120 valence electrons. The van der Waals surface area contributed by atoms with Gasteiger partial charge >= 0.3 is 0 Å². The van der Waals surface area contributed by atoms with Crippen molar-refractivity contribution in [3.63, 3.8) is 0 Å². The van der Waals surface area contributed by atoms with E-state index in [1.165, 1.54) is 0 Å². The monoisotopic (exact) mass is 304 g/mol. The quantitative estimate of drug-likeness (QED) is 0.893. The molecule has 0 radical (unpaired) electrons. The molecule has 2 amide bonds. The van der Waals surface area contributed by atoms with Gasteiger partial charge in [-0.05, 0) is 38.2 Å². The zero-order valence-electron chi connectivity index (χ0n) is 13.3. The first-order chi connectivity index (χ1) is 10.5. The fourth-order valence-corrected chi connectivity index (χ4v) is 2.75. The number of hydrogen-bond acceptors (Lipinski definition) is 4. The molecule has 0 bridgehead atoms. The number of hydrogen-bond donors (Lipinski definition) is 1. The van der Waals surface area contributed by atoms with Gasteiger partial charge in [-0.2, -0.15) is 0 Å². The molecule has 1 aliphatic heterocycles. The standard InChI is InChI=1S/C16H24N4O2/c1-12-17-8-5-15(19-12)11-18-16(22)4-3-14-6-9-20(10-7-14)13(2)21/h5,8,14H,3-4,6-7,9-11H2,1-2H3,(H,18,22). The molecule has 1 aromatic heterocycles. The summed E-state index contributed by atoms with van der Waals surface area (Å²) >= 11 is 0. The minimum atomic E-state index is 0.0604. The Labute approximate surface area is 131 Å². The molecule has 0 aliphatic carbocycles. The molecule has 2 rings (SSSR count). The van der Waals surface area contributed by atoms with Crippen LogP contribution in [0.1, 0.15) is 44.1 Å². The van der Waals surface area contributed by atoms with Crippen molar-refractivity contribution in [2.24, 2.45) is 5.92 Å². The van der Waals surface area contributed by atoms with E-state index in [0.717, 1.165) is 38.0 Å². The Kier molecular flexibility index (Phi) is 5.86. The van der Waals surface area contributed by atoms with Crippen molar-refractivity contribution >= 4 is 11.8 Å². The van der Waals surface area contributed by atoms with Gasteiger partial charge in [-0.3, -0.25) is 9.59 Å². The number of likely N-dealkylation sites (tertiary alicyclic amines) is 1. The molecular formula is C16H24N4O2. The number of carbonyl (C=O) groups excluding carboxylic acids is 2. The molecule has 1 saturated heterocycles. The molecule has 6 heteroatoms. The summed E-state index contributed by atoms with van der Waals surface area (Å²) in [6, 6.07) is 1.81. The smallest absolute Gasteiger partial charge is 0.220 e. The Morgan fingerprint density at radius 1 is 1.36 bits per heavy atom. The van der Waals surface area contributed by atoms with Crippen LogP contribution in [0.3, 0.4) is 0 Å². The van der Waals surface area contributed by atoms with Gasteiger partial charge in [0.2, 0.25) is 11.8 Å². The van der Waals surface area contributed by atoms with Crippen molar-refractivity contribution in [3.05, 3.63) is 23.8 Å². The summed E-state index contributed by atoms with van der Waals surface area (Å²) in [6.45, 7) is 5.54. The summed E-state index contributed by atoms with van der Waals surface area (Å²) in [5, 5.41) is 2.90. The molecule has 0 saturated carbocycles. The number of amides is 2. The van der Waals surface area contributed by atoms with Crippen LogP contribution in [0, 0.1) is 12.8 Å². The van der Waals surface area contributed by atoms with Gasteiger partial charge in [-0.1, -0.05) is 0 Å². The number of aryl methyl sites for hydroxylation is 1. The van der Waals surface area contributed by atoms with Crippen molar-refractivity contribution < 1.29 is 9.59 Å². The second kappa shape index (κ2) is 7.87. The predicted octanol–water partition coefficient (Wildman–Crippen LogP) is 1.44. The molecule has 0 unspecified atom stereocenters. The van der Waals surface area contributed by atoms with E-state index in [0.29, 0.717) is 24.7 Å². The summed E-state index contributed by atoms with van der Waals surface area (Å²) < 4.78 is 0. The Morgan fingerprint density at radius 3 is 2.73 bits per heavy atom. The molecule has 22 heavy (non-hydrogen) atoms. The van der Waals surface area contributed by atoms with Gasteiger partial charge < -0.3 is 10.2 Å². The van der Waals surface area contributed by atoms with Crippen LogP contribution in [0.15, 0.2) is 12.3 Å². The molecule has 0 spiro atoms. The van der Waals surface area contributed by atoms with E-state index in [1.807, 2.05) is 17.9 Å². The minimum absolute atomic E-state index is 0.0604. The van der Waals surface area contributed by atoms with Gasteiger partial charge in [0.1, 0.15) is 5.82 Å². The third kappa shape index (κ3) is 5.09. The number of rotatable bonds is 5. The van der Waals surface area contributed by atoms with E-state index in [4.69, 9.17) is 0 Å². The maximum Gasteiger partial charge on any atom is 0.220 e. The molecular weight excluding hydrogens is 280 g/mol. The number of carbonyl (C=O) groups is 2. The Morgan fingerprint density at radius 2 is 2.09 bits per heavy atom. The van der Waals surface area contributed by atoms with E-state index >= 15 is 0 Å². The van der Waals surface area contributed by atoms with Crippen molar-refractivity contribution in [1.29, 1.82) is 0 Å². The van der Waals surface area contributed by atoms with Crippen LogP contribution in [0.4, 0.5) is 0 Å². The molecule has 1 N–H and O–H groups in total. The molecule has 1 fully saturated rings. The molecule has 1 aliphatic rings. The van der Waals surface area contributed by atoms with Crippen molar-refractivity contribution in [2.45, 2.75) is 46.1 Å². The third-order valence-electron chi connectivity index (χ3n) is 4.14. The summed E-state index contributed by atoms with van der Waals surface area (Å²) in [5.74, 6) is 1.47. The summed E-state index contributed by atoms with van der Waals surface area (Å²) in [6.07, 6.45) is 5.12. The highest BCUT2D eigenvalue weighted by molar-refractivity contribution is 5.75. The zero-order valence-corrected chi connectivity index (χ0v) is 13.3. The van der Waals surface area contributed by atoms with Gasteiger partial charge in [0.15, 0.2) is 0 Å². The highest BCUT2D eigenvalue weighted by atomic mass is 16.2. The molecule has 0 aromatic carbocycles. The lowest BCUT2D eigenvalue weighted by molar-refractivity contribution is -0.130. The largest absolute Gasteiger partial charge is 0.350 e. The number of piperidine rings is 1. The van der Waals surface area contributed by atoms with E-state index < -0.39 is 0 Å². The van der Waals surface area contributed by atoms with Crippen molar-refractivity contribution in [2.75, 3.05) is 13.1 Å². The van der Waals surface area contributed by atoms with Crippen LogP contribution < -0.4 is 5.32 Å². The van der Waals surface area contributed by atoms with E-state index in [9.17, 15) is 9.59 Å². The van der Waals surface area contributed by atoms with Gasteiger partial charge in [0, 0.05) is 32.6 Å². The topological polar surface area (TPSA) is 75.2 Å². The maximum absolute atomic E-state index is 11.9. The number of nitrogens with one attached hydrogen (secondary N) is 1. The second-order valence-electron chi connectivity index (χ2n) is 5.86. The highest BCUT2D eigenvalue weighted by Gasteiger charge is 2.21. The van der Waals surface area contributed by atoms with Crippen LogP contribution in [0.2, 0.25) is 0 Å². The Balaban J connectivity index is 1.65. The van der Waals surface area contributed by atoms with Crippen molar-refractivity contribution in [3.8, 4) is 0 Å². The highest BCUT2D eigenvalue weighted by Crippen LogP contribution is 2.21. The number of aromatic nitrogens is 2. The van der Waals surface area contributed by atoms with Crippen LogP contribution in [0.5, 0.6) is 0 Å². The van der Waals surface area contributed by atoms with Gasteiger partial charge in [-0.25, -0.2) is 9.97 Å². The lowest BCUT2D eigenvalue weighted by Crippen LogP contribution is -2.37. The fourth-order valence-electron chi connectivity index (χ4n) is 2.75. The predicted molar refractivity (Wildman–Crippen MR) is 82.8 cm³/mol. The summed E-state index contributed by atoms with van der Waals surface area (Å²) in [7, 11) is 0. The van der Waals surface area contributed by atoms with Gasteiger partial charge in [0.25, 0.3) is 0 Å². The van der Waals surface area contributed by atoms with E-state index in [2.05, 4.69) is 15.3 Å². The lowest BCUT2D eigenvalue weighted by atomic mass is 9.92. The first-order valence-corrected chi connectivity index (χ1v) is 7.85. The van der Waals surface area contributed by atoms with Crippen LogP contribution in [-0.2, 0) is 16.1 Å². The van der Waals surface area contributed by atoms with Gasteiger partial charge in [-0.15, -0.1) is 0 Å². The lowest BCUT2D eigenvalue weighted by Gasteiger charge is -2.31. The Hall–Kier alpha value is -1.98. The first-order valence-electron chi connectivity index (χ1n) is 7.85. The molecule has 1 aromatic rings. The average molecular weight is 304 g/mol. The van der Waals surface area contributed by atoms with Gasteiger partial charge in [0.05, 0.1) is 12.2 Å². The van der Waals surface area contributed by atoms with Crippen LogP contribution in [0.25, 0.3) is 0 Å². The molecule has 0 atom stereocenters. The third-order valence-corrected chi connectivity index (χ3v) is 4.14. The zero-order chi connectivity index (χ0) is 15.9. The second-order valence-corrected chi connectivity index (χ2v) is 5.86. The fraction of sp³-hybridized carbons (Fsp3) is 0.625. The normalized spacial score (nSPS) is 15.6. The minimum Gasteiger partial charge on any atom is -0.350 e. The number of nitrogens with zero attached hydrogens (tertiary/aromatic N) is 3. The van der Waals surface area contributed by atoms with Crippen LogP contribution >= 0.6 is 0 Å². The molecule has 2 heterocycles. The average Bonchev–Trinajstić information content (AvgIpc) is 2.51. The summed E-state index contributed by atoms with van der Waals surface area (Å²) in [4.78, 5) is 33.3. The maximum atomic E-state index is 11.9.